The van der Waals surface area contributed by atoms with Gasteiger partial charge < -0.3 is 50.0 Å². The molecule has 0 spiro atoms. The van der Waals surface area contributed by atoms with Crippen molar-refractivity contribution in [3.63, 3.8) is 0 Å². The van der Waals surface area contributed by atoms with E-state index in [4.69, 9.17) is 24.5 Å². The monoisotopic (exact) mass is 606 g/mol. The molecular weight excluding hydrogens is 560 g/mol. The van der Waals surface area contributed by atoms with Crippen LogP contribution < -0.4 is 10.2 Å². The molecule has 0 radical (unpaired) electrons. The van der Waals surface area contributed by atoms with Gasteiger partial charge >= 0.3 is 0 Å². The van der Waals surface area contributed by atoms with E-state index in [1.165, 1.54) is 31.4 Å². The Labute approximate surface area is 251 Å². The number of phenolic OH excluding ortho intramolecular Hbond substituents is 3. The molecule has 1 aliphatic carbocycles. The van der Waals surface area contributed by atoms with E-state index >= 15 is 0 Å². The second-order valence-electron chi connectivity index (χ2n) is 10.3. The molecule has 1 aromatic heterocycles. The van der Waals surface area contributed by atoms with Crippen molar-refractivity contribution in [2.24, 2.45) is 11.8 Å². The lowest BCUT2D eigenvalue weighted by atomic mass is 9.76. The van der Waals surface area contributed by atoms with Crippen LogP contribution in [0.25, 0.3) is 21.9 Å². The summed E-state index contributed by atoms with van der Waals surface area (Å²) in [5.41, 5.74) is -0.284. The molecule has 3 aromatic rings. The Hall–Kier alpha value is -3.93. The predicted octanol–water partition coefficient (Wildman–Crippen LogP) is 5.49. The van der Waals surface area contributed by atoms with Crippen molar-refractivity contribution in [2.45, 2.75) is 65.9 Å². The quantitative estimate of drug-likeness (QED) is 0.104. The number of benzene rings is 2. The normalized spacial score (nSPS) is 18.1. The summed E-state index contributed by atoms with van der Waals surface area (Å²) in [4.78, 5) is 13.0. The highest BCUT2D eigenvalue weighted by molar-refractivity contribution is 5.96. The maximum atomic E-state index is 13.0. The molecule has 11 heteroatoms. The lowest BCUT2D eigenvalue weighted by molar-refractivity contribution is 0.0642. The third kappa shape index (κ3) is 9.54. The molecule has 240 valence electrons. The van der Waals surface area contributed by atoms with Gasteiger partial charge in [-0.25, -0.2) is 0 Å². The Morgan fingerprint density at radius 1 is 1.05 bits per heavy atom. The van der Waals surface area contributed by atoms with Crippen LogP contribution in [0.15, 0.2) is 51.6 Å². The smallest absolute Gasteiger partial charge is 0.204 e. The fourth-order valence-corrected chi connectivity index (χ4v) is 4.53. The number of phenols is 3. The zero-order chi connectivity index (χ0) is 33.0. The van der Waals surface area contributed by atoms with Gasteiger partial charge in [0.25, 0.3) is 0 Å². The highest BCUT2D eigenvalue weighted by Gasteiger charge is 2.33. The number of fused-ring (bicyclic) bond motifs is 2. The number of aromatic hydroxyl groups is 3. The summed E-state index contributed by atoms with van der Waals surface area (Å²) >= 11 is 0. The van der Waals surface area contributed by atoms with Crippen molar-refractivity contribution in [2.75, 3.05) is 20.3 Å². The molecule has 4 rings (SSSR count). The largest absolute Gasteiger partial charge is 0.507 e. The van der Waals surface area contributed by atoms with Gasteiger partial charge in [0.15, 0.2) is 17.3 Å². The Kier molecular flexibility index (Phi) is 14.9. The second kappa shape index (κ2) is 17.3. The molecular formula is C32H46O11. The maximum Gasteiger partial charge on any atom is 0.204 e. The lowest BCUT2D eigenvalue weighted by Gasteiger charge is -2.32. The lowest BCUT2D eigenvalue weighted by Crippen LogP contribution is -2.27. The first-order valence-corrected chi connectivity index (χ1v) is 14.1. The molecule has 1 fully saturated rings. The van der Waals surface area contributed by atoms with Crippen molar-refractivity contribution in [1.82, 2.24) is 0 Å². The van der Waals surface area contributed by atoms with Crippen molar-refractivity contribution < 1.29 is 50.0 Å². The topological polar surface area (TPSA) is 201 Å². The molecule has 0 aliphatic heterocycles. The van der Waals surface area contributed by atoms with Crippen LogP contribution in [0.3, 0.4) is 0 Å². The van der Waals surface area contributed by atoms with Crippen LogP contribution in [0.1, 0.15) is 65.4 Å². The molecule has 1 saturated carbocycles. The standard InChI is InChI=1S/C21H22O8.C5H8O2.C4H10O.C2H6/c1-28-16-7-15-12(5-13(16)24)20(26)19-17(29-15)6-14(25)18(21(19)27)10-2-9(8-22)3-11(23)4-10;1-3-5(7)4(2)6;1-4(2)3-5;1-2/h5-7,9-11,22-25,27H,2-4,8H2,1H3;3,6-7H,2H2,1H3;4-5H,3H2,1-2H3;1-2H3/b;5-3+;;. The fraction of sp³-hybridized carbons (Fsp3) is 0.469. The van der Waals surface area contributed by atoms with Gasteiger partial charge in [-0.15, -0.1) is 0 Å². The van der Waals surface area contributed by atoms with E-state index < -0.39 is 23.2 Å². The van der Waals surface area contributed by atoms with Crippen LogP contribution in [-0.2, 0) is 0 Å². The highest BCUT2D eigenvalue weighted by Crippen LogP contribution is 2.46. The number of ether oxygens (including phenoxy) is 1. The first kappa shape index (κ1) is 37.1. The first-order valence-electron chi connectivity index (χ1n) is 14.1. The Balaban J connectivity index is 0.000000555. The van der Waals surface area contributed by atoms with E-state index in [2.05, 4.69) is 6.58 Å². The first-order chi connectivity index (χ1) is 20.3. The van der Waals surface area contributed by atoms with Crippen LogP contribution >= 0.6 is 0 Å². The minimum absolute atomic E-state index is 0.0101. The Morgan fingerprint density at radius 3 is 2.12 bits per heavy atom. The number of hydrogen-bond acceptors (Lipinski definition) is 11. The minimum Gasteiger partial charge on any atom is -0.507 e. The summed E-state index contributed by atoms with van der Waals surface area (Å²) in [6.45, 7) is 12.8. The molecule has 0 saturated heterocycles. The molecule has 2 aromatic carbocycles. The predicted molar refractivity (Wildman–Crippen MR) is 166 cm³/mol. The van der Waals surface area contributed by atoms with E-state index in [1.807, 2.05) is 27.7 Å². The second-order valence-corrected chi connectivity index (χ2v) is 10.3. The van der Waals surface area contributed by atoms with Gasteiger partial charge in [-0.3, -0.25) is 4.79 Å². The van der Waals surface area contributed by atoms with E-state index in [9.17, 15) is 30.3 Å². The molecule has 8 N–H and O–H groups in total. The van der Waals surface area contributed by atoms with Crippen LogP contribution in [0.4, 0.5) is 0 Å². The maximum absolute atomic E-state index is 13.0. The number of allylic oxidation sites excluding steroid dienone is 1. The summed E-state index contributed by atoms with van der Waals surface area (Å²) in [7, 11) is 1.36. The van der Waals surface area contributed by atoms with Crippen LogP contribution in [0, 0.1) is 11.8 Å². The number of methoxy groups -OCH3 is 1. The molecule has 11 nitrogen and oxygen atoms in total. The van der Waals surface area contributed by atoms with Gasteiger partial charge in [0, 0.05) is 30.9 Å². The van der Waals surface area contributed by atoms with Crippen molar-refractivity contribution in [3.05, 3.63) is 58.2 Å². The molecule has 3 atom stereocenters. The summed E-state index contributed by atoms with van der Waals surface area (Å²) < 4.78 is 10.7. The zero-order valence-electron chi connectivity index (χ0n) is 25.7. The van der Waals surface area contributed by atoms with E-state index in [-0.39, 0.29) is 68.8 Å². The fourth-order valence-electron chi connectivity index (χ4n) is 4.53. The summed E-state index contributed by atoms with van der Waals surface area (Å²) in [5, 5.41) is 75.9. The molecule has 0 bridgehead atoms. The van der Waals surface area contributed by atoms with Gasteiger partial charge in [-0.05, 0) is 56.1 Å². The highest BCUT2D eigenvalue weighted by atomic mass is 16.5. The van der Waals surface area contributed by atoms with Crippen LogP contribution in [0.5, 0.6) is 23.0 Å². The SMILES string of the molecule is C=C(O)/C(O)=C\C.CC.CC(C)CO.COc1cc2oc3cc(O)c(C4CC(O)CC(CO)C4)c(O)c3c(=O)c2cc1O. The number of aliphatic hydroxyl groups is 5. The Bertz CT molecular complexity index is 1440. The zero-order valence-corrected chi connectivity index (χ0v) is 25.7. The van der Waals surface area contributed by atoms with Crippen LogP contribution in [-0.4, -0.2) is 67.3 Å². The minimum atomic E-state index is -0.683. The van der Waals surface area contributed by atoms with Gasteiger partial charge in [0.2, 0.25) is 5.43 Å². The van der Waals surface area contributed by atoms with E-state index in [0.717, 1.165) is 0 Å². The van der Waals surface area contributed by atoms with E-state index in [1.54, 1.807) is 6.92 Å². The summed E-state index contributed by atoms with van der Waals surface area (Å²) in [6.07, 6.45) is 1.87. The number of aliphatic hydroxyl groups excluding tert-OH is 5. The molecule has 43 heavy (non-hydrogen) atoms. The van der Waals surface area contributed by atoms with E-state index in [0.29, 0.717) is 31.8 Å². The molecule has 1 heterocycles. The van der Waals surface area contributed by atoms with Crippen LogP contribution in [0.2, 0.25) is 0 Å². The molecule has 0 amide bonds. The molecule has 3 unspecified atom stereocenters. The van der Waals surface area contributed by atoms with Crippen molar-refractivity contribution >= 4 is 21.9 Å². The van der Waals surface area contributed by atoms with Gasteiger partial charge in [-0.2, -0.15) is 0 Å². The average Bonchev–Trinajstić information content (AvgIpc) is 2.97. The van der Waals surface area contributed by atoms with Gasteiger partial charge in [-0.1, -0.05) is 34.3 Å². The Morgan fingerprint density at radius 2 is 1.65 bits per heavy atom. The van der Waals surface area contributed by atoms with Gasteiger partial charge in [0.1, 0.15) is 33.8 Å². The number of hydrogen-bond donors (Lipinski definition) is 8. The van der Waals surface area contributed by atoms with Crippen molar-refractivity contribution in [3.8, 4) is 23.0 Å². The third-order valence-corrected chi connectivity index (χ3v) is 6.64. The molecule has 1 aliphatic rings. The van der Waals surface area contributed by atoms with Crippen molar-refractivity contribution in [1.29, 1.82) is 0 Å². The summed E-state index contributed by atoms with van der Waals surface area (Å²) in [5.74, 6) is -1.41. The third-order valence-electron chi connectivity index (χ3n) is 6.64. The summed E-state index contributed by atoms with van der Waals surface area (Å²) in [6, 6.07) is 3.83. The average molecular weight is 607 g/mol. The number of rotatable bonds is 5. The van der Waals surface area contributed by atoms with Gasteiger partial charge in [0.05, 0.1) is 18.6 Å².